The average Bonchev–Trinajstić information content (AvgIpc) is 3.49. The Balaban J connectivity index is 1.63. The van der Waals surface area contributed by atoms with E-state index in [-0.39, 0.29) is 17.3 Å². The Bertz CT molecular complexity index is 1170. The fraction of sp³-hybridized carbons (Fsp3) is 0.400. The molecule has 160 valence electrons. The van der Waals surface area contributed by atoms with Gasteiger partial charge >= 0.3 is 0 Å². The fourth-order valence-corrected chi connectivity index (χ4v) is 6.69. The molecule has 0 atom stereocenters. The van der Waals surface area contributed by atoms with Gasteiger partial charge in [-0.15, -0.1) is 22.7 Å². The molecule has 1 aliphatic heterocycles. The van der Waals surface area contributed by atoms with Gasteiger partial charge in [0.05, 0.1) is 11.4 Å². The standard InChI is InChI=1S/C20H24N4O3S3/c1-13-18(20(25)24-8-4-5-9-24)29-19(22-13)16-11-17(14(2)23(16)3)30(26,27)21-12-15-7-6-10-28-15/h6-7,10-11,21H,4-5,8-9,12H2,1-3H3. The van der Waals surface area contributed by atoms with E-state index in [9.17, 15) is 13.2 Å². The smallest absolute Gasteiger partial charge is 0.265 e. The number of thiophene rings is 1. The number of carbonyl (C=O) groups excluding carboxylic acids is 1. The molecule has 30 heavy (non-hydrogen) atoms. The van der Waals surface area contributed by atoms with Crippen LogP contribution in [0.5, 0.6) is 0 Å². The summed E-state index contributed by atoms with van der Waals surface area (Å²) in [6, 6.07) is 5.44. The topological polar surface area (TPSA) is 84.3 Å². The summed E-state index contributed by atoms with van der Waals surface area (Å²) in [7, 11) is -1.85. The normalized spacial score (nSPS) is 14.6. The number of hydrogen-bond donors (Lipinski definition) is 1. The molecule has 4 rings (SSSR count). The first-order valence-electron chi connectivity index (χ1n) is 9.73. The van der Waals surface area contributed by atoms with Crippen molar-refractivity contribution in [1.82, 2.24) is 19.2 Å². The van der Waals surface area contributed by atoms with Crippen LogP contribution in [0, 0.1) is 13.8 Å². The van der Waals surface area contributed by atoms with Crippen LogP contribution in [-0.4, -0.2) is 41.9 Å². The number of aromatic nitrogens is 2. The second kappa shape index (κ2) is 8.26. The molecule has 1 N–H and O–H groups in total. The van der Waals surface area contributed by atoms with Crippen molar-refractivity contribution in [2.45, 2.75) is 38.1 Å². The number of rotatable bonds is 6. The Hall–Kier alpha value is -2.01. The second-order valence-corrected chi connectivity index (χ2v) is 11.1. The lowest BCUT2D eigenvalue weighted by molar-refractivity contribution is 0.0796. The van der Waals surface area contributed by atoms with Gasteiger partial charge in [0.15, 0.2) is 0 Å². The van der Waals surface area contributed by atoms with E-state index in [1.165, 1.54) is 22.7 Å². The van der Waals surface area contributed by atoms with Gasteiger partial charge in [-0.1, -0.05) is 6.07 Å². The van der Waals surface area contributed by atoms with Gasteiger partial charge < -0.3 is 9.47 Å². The van der Waals surface area contributed by atoms with E-state index in [0.29, 0.717) is 27.0 Å². The van der Waals surface area contributed by atoms with E-state index in [2.05, 4.69) is 9.71 Å². The van der Waals surface area contributed by atoms with Gasteiger partial charge in [0.2, 0.25) is 10.0 Å². The molecule has 10 heteroatoms. The van der Waals surface area contributed by atoms with E-state index in [0.717, 1.165) is 30.8 Å². The number of aryl methyl sites for hydroxylation is 1. The van der Waals surface area contributed by atoms with E-state index in [1.807, 2.05) is 41.0 Å². The van der Waals surface area contributed by atoms with E-state index < -0.39 is 10.0 Å². The third-order valence-corrected chi connectivity index (χ3v) is 8.96. The Morgan fingerprint density at radius 2 is 2.00 bits per heavy atom. The summed E-state index contributed by atoms with van der Waals surface area (Å²) >= 11 is 2.84. The first-order chi connectivity index (χ1) is 14.3. The van der Waals surface area contributed by atoms with Gasteiger partial charge in [0, 0.05) is 37.3 Å². The van der Waals surface area contributed by atoms with Crippen molar-refractivity contribution in [2.75, 3.05) is 13.1 Å². The molecular formula is C20H24N4O3S3. The molecule has 4 heterocycles. The van der Waals surface area contributed by atoms with E-state index >= 15 is 0 Å². The Morgan fingerprint density at radius 1 is 1.27 bits per heavy atom. The van der Waals surface area contributed by atoms with Gasteiger partial charge in [-0.05, 0) is 44.2 Å². The fourth-order valence-electron chi connectivity index (χ4n) is 3.57. The molecule has 0 radical (unpaired) electrons. The molecule has 0 spiro atoms. The van der Waals surface area contributed by atoms with Crippen LogP contribution in [0.25, 0.3) is 10.7 Å². The van der Waals surface area contributed by atoms with Crippen molar-refractivity contribution in [2.24, 2.45) is 7.05 Å². The van der Waals surface area contributed by atoms with Gasteiger partial charge in [0.1, 0.15) is 14.8 Å². The summed E-state index contributed by atoms with van der Waals surface area (Å²) in [5, 5.41) is 2.57. The Kier molecular flexibility index (Phi) is 5.84. The predicted molar refractivity (Wildman–Crippen MR) is 119 cm³/mol. The summed E-state index contributed by atoms with van der Waals surface area (Å²) in [5.74, 6) is 0.0186. The number of sulfonamides is 1. The maximum atomic E-state index is 12.9. The predicted octanol–water partition coefficient (Wildman–Crippen LogP) is 3.54. The average molecular weight is 465 g/mol. The highest BCUT2D eigenvalue weighted by atomic mass is 32.2. The lowest BCUT2D eigenvalue weighted by Gasteiger charge is -2.13. The zero-order valence-corrected chi connectivity index (χ0v) is 19.6. The largest absolute Gasteiger partial charge is 0.345 e. The van der Waals surface area contributed by atoms with Gasteiger partial charge in [-0.2, -0.15) is 0 Å². The summed E-state index contributed by atoms with van der Waals surface area (Å²) in [6.07, 6.45) is 2.07. The second-order valence-electron chi connectivity index (χ2n) is 7.38. The lowest BCUT2D eigenvalue weighted by Crippen LogP contribution is -2.27. The van der Waals surface area contributed by atoms with Crippen molar-refractivity contribution in [3.8, 4) is 10.7 Å². The molecule has 0 aromatic carbocycles. The van der Waals surface area contributed by atoms with Crippen molar-refractivity contribution >= 4 is 38.6 Å². The monoisotopic (exact) mass is 464 g/mol. The number of nitrogens with zero attached hydrogens (tertiary/aromatic N) is 3. The Morgan fingerprint density at radius 3 is 2.67 bits per heavy atom. The minimum absolute atomic E-state index is 0.0186. The first kappa shape index (κ1) is 21.2. The van der Waals surface area contributed by atoms with Gasteiger partial charge in [-0.25, -0.2) is 18.1 Å². The van der Waals surface area contributed by atoms with Crippen molar-refractivity contribution in [3.05, 3.63) is 44.7 Å². The van der Waals surface area contributed by atoms with Crippen LogP contribution < -0.4 is 4.72 Å². The molecule has 1 saturated heterocycles. The van der Waals surface area contributed by atoms with Crippen molar-refractivity contribution in [3.63, 3.8) is 0 Å². The third-order valence-electron chi connectivity index (χ3n) is 5.40. The summed E-state index contributed by atoms with van der Waals surface area (Å²) in [4.78, 5) is 21.1. The van der Waals surface area contributed by atoms with E-state index in [1.54, 1.807) is 13.0 Å². The van der Waals surface area contributed by atoms with E-state index in [4.69, 9.17) is 0 Å². The quantitative estimate of drug-likeness (QED) is 0.605. The Labute approximate surface area is 184 Å². The number of carbonyl (C=O) groups is 1. The van der Waals surface area contributed by atoms with Crippen LogP contribution in [0.3, 0.4) is 0 Å². The van der Waals surface area contributed by atoms with Crippen molar-refractivity contribution < 1.29 is 13.2 Å². The molecule has 0 saturated carbocycles. The maximum absolute atomic E-state index is 12.9. The molecule has 3 aromatic heterocycles. The van der Waals surface area contributed by atoms with Crippen LogP contribution in [-0.2, 0) is 23.6 Å². The molecule has 3 aromatic rings. The summed E-state index contributed by atoms with van der Waals surface area (Å²) in [6.45, 7) is 5.44. The zero-order valence-electron chi connectivity index (χ0n) is 17.1. The first-order valence-corrected chi connectivity index (χ1v) is 12.9. The highest BCUT2D eigenvalue weighted by molar-refractivity contribution is 7.89. The summed E-state index contributed by atoms with van der Waals surface area (Å²) in [5.41, 5.74) is 2.01. The minimum atomic E-state index is -3.67. The molecule has 0 bridgehead atoms. The zero-order chi connectivity index (χ0) is 21.5. The third kappa shape index (κ3) is 3.96. The highest BCUT2D eigenvalue weighted by Crippen LogP contribution is 2.33. The number of thiazole rings is 1. The molecule has 1 aliphatic rings. The number of nitrogens with one attached hydrogen (secondary N) is 1. The van der Waals surface area contributed by atoms with Crippen LogP contribution in [0.2, 0.25) is 0 Å². The molecule has 0 aliphatic carbocycles. The lowest BCUT2D eigenvalue weighted by atomic mass is 10.3. The molecular weight excluding hydrogens is 440 g/mol. The number of amides is 1. The SMILES string of the molecule is Cc1nc(-c2cc(S(=O)(=O)NCc3cccs3)c(C)n2C)sc1C(=O)N1CCCC1. The molecule has 1 fully saturated rings. The number of likely N-dealkylation sites (tertiary alicyclic amines) is 1. The molecule has 7 nitrogen and oxygen atoms in total. The van der Waals surface area contributed by atoms with Crippen LogP contribution in [0.4, 0.5) is 0 Å². The van der Waals surface area contributed by atoms with Crippen LogP contribution >= 0.6 is 22.7 Å². The molecule has 1 amide bonds. The molecule has 0 unspecified atom stereocenters. The minimum Gasteiger partial charge on any atom is -0.345 e. The van der Waals surface area contributed by atoms with Crippen LogP contribution in [0.1, 0.15) is 38.8 Å². The summed E-state index contributed by atoms with van der Waals surface area (Å²) < 4.78 is 30.3. The highest BCUT2D eigenvalue weighted by Gasteiger charge is 2.27. The van der Waals surface area contributed by atoms with Gasteiger partial charge in [0.25, 0.3) is 5.91 Å². The van der Waals surface area contributed by atoms with Crippen molar-refractivity contribution in [1.29, 1.82) is 0 Å². The van der Waals surface area contributed by atoms with Crippen LogP contribution in [0.15, 0.2) is 28.5 Å². The number of hydrogen-bond acceptors (Lipinski definition) is 6. The maximum Gasteiger partial charge on any atom is 0.265 e. The van der Waals surface area contributed by atoms with Gasteiger partial charge in [-0.3, -0.25) is 4.79 Å².